The molecule has 0 unspecified atom stereocenters. The molecule has 0 amide bonds. The average molecular weight is 335 g/mol. The first-order chi connectivity index (χ1) is 7.54. The van der Waals surface area contributed by atoms with Crippen LogP contribution in [0.2, 0.25) is 0 Å². The van der Waals surface area contributed by atoms with E-state index < -0.39 is 5.97 Å². The number of carboxylic acids is 1. The molecule has 0 fully saturated rings. The predicted octanol–water partition coefficient (Wildman–Crippen LogP) is 1.41. The van der Waals surface area contributed by atoms with E-state index >= 15 is 0 Å². The van der Waals surface area contributed by atoms with Gasteiger partial charge in [0, 0.05) is 16.7 Å². The fourth-order valence-corrected chi connectivity index (χ4v) is 2.03. The molecule has 0 radical (unpaired) electrons. The highest BCUT2D eigenvalue weighted by Crippen LogP contribution is 2.16. The summed E-state index contributed by atoms with van der Waals surface area (Å²) in [4.78, 5) is 12.7. The van der Waals surface area contributed by atoms with Gasteiger partial charge in [0.1, 0.15) is 0 Å². The monoisotopic (exact) mass is 335 g/mol. The van der Waals surface area contributed by atoms with Crippen molar-refractivity contribution in [3.05, 3.63) is 32.9 Å². The number of nitrogens with zero attached hydrogens (tertiary/aromatic N) is 1. The van der Waals surface area contributed by atoms with Crippen molar-refractivity contribution >= 4 is 28.6 Å². The largest absolute Gasteiger partial charge is 0.478 e. The molecule has 0 aromatic heterocycles. The lowest BCUT2D eigenvalue weighted by Gasteiger charge is -2.16. The summed E-state index contributed by atoms with van der Waals surface area (Å²) >= 11 is 2.13. The Morgan fingerprint density at radius 2 is 2.19 bits per heavy atom. The lowest BCUT2D eigenvalue weighted by atomic mass is 10.1. The normalized spacial score (nSPS) is 10.8. The number of hydrogen-bond acceptors (Lipinski definition) is 3. The van der Waals surface area contributed by atoms with E-state index in [4.69, 9.17) is 10.2 Å². The molecule has 0 aliphatic heterocycles. The molecule has 5 heteroatoms. The quantitative estimate of drug-likeness (QED) is 0.799. The second kappa shape index (κ2) is 6.17. The number of aromatic carboxylic acids is 1. The summed E-state index contributed by atoms with van der Waals surface area (Å²) in [7, 11) is 1.91. The Labute approximate surface area is 108 Å². The zero-order valence-electron chi connectivity index (χ0n) is 8.98. The minimum atomic E-state index is -0.909. The van der Waals surface area contributed by atoms with Crippen LogP contribution in [-0.2, 0) is 6.54 Å². The molecular formula is C11H14INO3. The number of halogens is 1. The molecule has 4 nitrogen and oxygen atoms in total. The molecule has 0 aliphatic carbocycles. The van der Waals surface area contributed by atoms with Crippen LogP contribution in [0.5, 0.6) is 0 Å². The Hall–Kier alpha value is -0.660. The van der Waals surface area contributed by atoms with Crippen molar-refractivity contribution in [1.29, 1.82) is 0 Å². The molecule has 16 heavy (non-hydrogen) atoms. The Morgan fingerprint density at radius 1 is 1.50 bits per heavy atom. The fourth-order valence-electron chi connectivity index (χ4n) is 1.35. The lowest BCUT2D eigenvalue weighted by Crippen LogP contribution is -2.22. The summed E-state index contributed by atoms with van der Waals surface area (Å²) in [5.74, 6) is -0.909. The first-order valence-electron chi connectivity index (χ1n) is 4.85. The molecule has 0 heterocycles. The maximum absolute atomic E-state index is 10.7. The van der Waals surface area contributed by atoms with Crippen molar-refractivity contribution in [3.8, 4) is 0 Å². The molecule has 2 N–H and O–H groups in total. The molecule has 88 valence electrons. The Bertz CT molecular complexity index is 381. The van der Waals surface area contributed by atoms with Gasteiger partial charge in [-0.05, 0) is 47.3 Å². The van der Waals surface area contributed by atoms with E-state index in [2.05, 4.69) is 22.6 Å². The van der Waals surface area contributed by atoms with Crippen LogP contribution in [0, 0.1) is 3.57 Å². The number of aliphatic hydroxyl groups excluding tert-OH is 1. The first-order valence-corrected chi connectivity index (χ1v) is 5.93. The molecule has 0 bridgehead atoms. The minimum Gasteiger partial charge on any atom is -0.478 e. The highest BCUT2D eigenvalue weighted by atomic mass is 127. The summed E-state index contributed by atoms with van der Waals surface area (Å²) in [5, 5.41) is 17.6. The number of aliphatic hydroxyl groups is 1. The fraction of sp³-hybridized carbons (Fsp3) is 0.364. The third-order valence-electron chi connectivity index (χ3n) is 2.22. The van der Waals surface area contributed by atoms with Crippen molar-refractivity contribution in [2.45, 2.75) is 6.54 Å². The van der Waals surface area contributed by atoms with Crippen molar-refractivity contribution in [1.82, 2.24) is 4.90 Å². The molecule has 0 atom stereocenters. The SMILES string of the molecule is CN(CCO)Cc1ccc(C(=O)O)cc1I. The van der Waals surface area contributed by atoms with Crippen molar-refractivity contribution in [3.63, 3.8) is 0 Å². The molecule has 1 rings (SSSR count). The van der Waals surface area contributed by atoms with E-state index in [1.54, 1.807) is 12.1 Å². The molecular weight excluding hydrogens is 321 g/mol. The van der Waals surface area contributed by atoms with Gasteiger partial charge in [-0.2, -0.15) is 0 Å². The van der Waals surface area contributed by atoms with Crippen LogP contribution in [0.3, 0.4) is 0 Å². The van der Waals surface area contributed by atoms with E-state index in [0.717, 1.165) is 9.13 Å². The first kappa shape index (κ1) is 13.4. The van der Waals surface area contributed by atoms with Gasteiger partial charge in [-0.3, -0.25) is 4.90 Å². The summed E-state index contributed by atoms with van der Waals surface area (Å²) < 4.78 is 0.933. The van der Waals surface area contributed by atoms with Gasteiger partial charge in [0.2, 0.25) is 0 Å². The maximum atomic E-state index is 10.7. The number of hydrogen-bond donors (Lipinski definition) is 2. The van der Waals surface area contributed by atoms with Crippen LogP contribution in [-0.4, -0.2) is 41.3 Å². The second-order valence-electron chi connectivity index (χ2n) is 3.57. The molecule has 1 aromatic rings. The van der Waals surface area contributed by atoms with Gasteiger partial charge < -0.3 is 10.2 Å². The minimum absolute atomic E-state index is 0.125. The summed E-state index contributed by atoms with van der Waals surface area (Å²) in [6.45, 7) is 1.44. The predicted molar refractivity (Wildman–Crippen MR) is 69.5 cm³/mol. The van der Waals surface area contributed by atoms with E-state index in [0.29, 0.717) is 18.7 Å². The van der Waals surface area contributed by atoms with E-state index in [1.807, 2.05) is 18.0 Å². The van der Waals surface area contributed by atoms with Crippen molar-refractivity contribution < 1.29 is 15.0 Å². The topological polar surface area (TPSA) is 60.8 Å². The number of benzene rings is 1. The molecule has 0 saturated heterocycles. The second-order valence-corrected chi connectivity index (χ2v) is 4.73. The van der Waals surface area contributed by atoms with Gasteiger partial charge in [-0.15, -0.1) is 0 Å². The highest BCUT2D eigenvalue weighted by Gasteiger charge is 2.08. The van der Waals surface area contributed by atoms with Crippen LogP contribution in [0.25, 0.3) is 0 Å². The number of rotatable bonds is 5. The van der Waals surface area contributed by atoms with Gasteiger partial charge >= 0.3 is 5.97 Å². The summed E-state index contributed by atoms with van der Waals surface area (Å²) in [5.41, 5.74) is 1.37. The van der Waals surface area contributed by atoms with Crippen LogP contribution in [0.15, 0.2) is 18.2 Å². The number of carbonyl (C=O) groups is 1. The van der Waals surface area contributed by atoms with Gasteiger partial charge in [0.15, 0.2) is 0 Å². The maximum Gasteiger partial charge on any atom is 0.335 e. The Balaban J connectivity index is 2.79. The Morgan fingerprint density at radius 3 is 2.69 bits per heavy atom. The molecule has 0 spiro atoms. The van der Waals surface area contributed by atoms with E-state index in [1.165, 1.54) is 0 Å². The average Bonchev–Trinajstić information content (AvgIpc) is 2.21. The zero-order chi connectivity index (χ0) is 12.1. The van der Waals surface area contributed by atoms with Gasteiger partial charge in [-0.1, -0.05) is 6.07 Å². The summed E-state index contributed by atoms with van der Waals surface area (Å²) in [6, 6.07) is 5.08. The van der Waals surface area contributed by atoms with Crippen LogP contribution in [0.4, 0.5) is 0 Å². The van der Waals surface area contributed by atoms with Crippen LogP contribution >= 0.6 is 22.6 Å². The third kappa shape index (κ3) is 3.73. The number of carboxylic acid groups (broad SMARTS) is 1. The number of likely N-dealkylation sites (N-methyl/N-ethyl adjacent to an activating group) is 1. The van der Waals surface area contributed by atoms with Crippen molar-refractivity contribution in [2.75, 3.05) is 20.2 Å². The van der Waals surface area contributed by atoms with Crippen LogP contribution < -0.4 is 0 Å². The molecule has 0 saturated carbocycles. The smallest absolute Gasteiger partial charge is 0.335 e. The molecule has 0 aliphatic rings. The highest BCUT2D eigenvalue weighted by molar-refractivity contribution is 14.1. The standard InChI is InChI=1S/C11H14INO3/c1-13(4-5-14)7-9-3-2-8(11(15)16)6-10(9)12/h2-3,6,14H,4-5,7H2,1H3,(H,15,16). The van der Waals surface area contributed by atoms with E-state index in [9.17, 15) is 4.79 Å². The van der Waals surface area contributed by atoms with Crippen molar-refractivity contribution in [2.24, 2.45) is 0 Å². The Kier molecular flexibility index (Phi) is 5.17. The van der Waals surface area contributed by atoms with Gasteiger partial charge in [-0.25, -0.2) is 4.79 Å². The van der Waals surface area contributed by atoms with Crippen LogP contribution in [0.1, 0.15) is 15.9 Å². The van der Waals surface area contributed by atoms with Gasteiger partial charge in [0.05, 0.1) is 12.2 Å². The zero-order valence-corrected chi connectivity index (χ0v) is 11.1. The summed E-state index contributed by atoms with van der Waals surface area (Å²) in [6.07, 6.45) is 0. The van der Waals surface area contributed by atoms with Gasteiger partial charge in [0.25, 0.3) is 0 Å². The third-order valence-corrected chi connectivity index (χ3v) is 3.23. The molecule has 1 aromatic carbocycles. The lowest BCUT2D eigenvalue weighted by molar-refractivity contribution is 0.0697. The van der Waals surface area contributed by atoms with E-state index in [-0.39, 0.29) is 6.61 Å².